The summed E-state index contributed by atoms with van der Waals surface area (Å²) in [5.41, 5.74) is -0.531. The average Bonchev–Trinajstić information content (AvgIpc) is 2.70. The second-order valence-corrected chi connectivity index (χ2v) is 3.60. The van der Waals surface area contributed by atoms with Gasteiger partial charge in [-0.25, -0.2) is 0 Å². The third-order valence-corrected chi connectivity index (χ3v) is 2.43. The minimum absolute atomic E-state index is 0.0147. The third-order valence-electron chi connectivity index (χ3n) is 2.43. The largest absolute Gasteiger partial charge is 0.489 e. The number of nitro benzene ring substituents is 1. The number of hydrogen-bond acceptors (Lipinski definition) is 4. The Balaban J connectivity index is 2.11. The van der Waals surface area contributed by atoms with Gasteiger partial charge in [0.25, 0.3) is 0 Å². The lowest BCUT2D eigenvalue weighted by molar-refractivity contribution is -0.387. The molecule has 0 spiro atoms. The maximum absolute atomic E-state index is 13.2. The van der Waals surface area contributed by atoms with Gasteiger partial charge < -0.3 is 10.1 Å². The molecule has 0 saturated carbocycles. The molecule has 5 nitrogen and oxygen atoms in total. The molecule has 2 rings (SSSR count). The topological polar surface area (TPSA) is 64.4 Å². The first-order valence-corrected chi connectivity index (χ1v) is 4.98. The highest BCUT2D eigenvalue weighted by Crippen LogP contribution is 2.23. The molecular formula is C10H11FN2O3. The van der Waals surface area contributed by atoms with E-state index in [1.54, 1.807) is 0 Å². The van der Waals surface area contributed by atoms with Crippen molar-refractivity contribution < 1.29 is 14.1 Å². The summed E-state index contributed by atoms with van der Waals surface area (Å²) in [6.45, 7) is 1.60. The van der Waals surface area contributed by atoms with E-state index in [2.05, 4.69) is 5.32 Å². The Kier molecular flexibility index (Phi) is 3.00. The SMILES string of the molecule is O=[N+]([O-])c1ccc(O[C@@H]2CCNC2)cc1F. The van der Waals surface area contributed by atoms with Crippen molar-refractivity contribution in [3.63, 3.8) is 0 Å². The van der Waals surface area contributed by atoms with E-state index in [-0.39, 0.29) is 6.10 Å². The maximum atomic E-state index is 13.2. The Morgan fingerprint density at radius 1 is 1.56 bits per heavy atom. The second kappa shape index (κ2) is 4.44. The summed E-state index contributed by atoms with van der Waals surface area (Å²) in [5, 5.41) is 13.5. The van der Waals surface area contributed by atoms with Gasteiger partial charge in [-0.1, -0.05) is 0 Å². The van der Waals surface area contributed by atoms with Gasteiger partial charge in [0, 0.05) is 18.7 Å². The minimum atomic E-state index is -0.867. The van der Waals surface area contributed by atoms with Gasteiger partial charge in [0.15, 0.2) is 0 Å². The van der Waals surface area contributed by atoms with Gasteiger partial charge in [0.05, 0.1) is 4.92 Å². The van der Waals surface area contributed by atoms with Crippen LogP contribution in [0.4, 0.5) is 10.1 Å². The Morgan fingerprint density at radius 3 is 2.94 bits per heavy atom. The number of ether oxygens (including phenoxy) is 1. The van der Waals surface area contributed by atoms with Crippen molar-refractivity contribution in [2.24, 2.45) is 0 Å². The average molecular weight is 226 g/mol. The van der Waals surface area contributed by atoms with Gasteiger partial charge in [0.1, 0.15) is 11.9 Å². The van der Waals surface area contributed by atoms with Crippen LogP contribution in [0.2, 0.25) is 0 Å². The Morgan fingerprint density at radius 2 is 2.38 bits per heavy atom. The smallest absolute Gasteiger partial charge is 0.305 e. The Labute approximate surface area is 91.4 Å². The maximum Gasteiger partial charge on any atom is 0.305 e. The van der Waals surface area contributed by atoms with Crippen LogP contribution >= 0.6 is 0 Å². The molecule has 1 fully saturated rings. The highest BCUT2D eigenvalue weighted by molar-refractivity contribution is 5.38. The molecule has 0 aromatic heterocycles. The van der Waals surface area contributed by atoms with Crippen LogP contribution < -0.4 is 10.1 Å². The van der Waals surface area contributed by atoms with Crippen molar-refractivity contribution in [3.8, 4) is 5.75 Å². The van der Waals surface area contributed by atoms with Gasteiger partial charge in [-0.15, -0.1) is 0 Å². The highest BCUT2D eigenvalue weighted by Gasteiger charge is 2.18. The van der Waals surface area contributed by atoms with E-state index in [0.29, 0.717) is 5.75 Å². The lowest BCUT2D eigenvalue weighted by atomic mass is 10.2. The number of benzene rings is 1. The van der Waals surface area contributed by atoms with Crippen molar-refractivity contribution in [1.29, 1.82) is 0 Å². The molecule has 1 saturated heterocycles. The van der Waals surface area contributed by atoms with Gasteiger partial charge >= 0.3 is 5.69 Å². The number of rotatable bonds is 3. The molecule has 1 aliphatic rings. The molecule has 6 heteroatoms. The van der Waals surface area contributed by atoms with E-state index in [1.807, 2.05) is 0 Å². The van der Waals surface area contributed by atoms with Crippen molar-refractivity contribution in [1.82, 2.24) is 5.32 Å². The molecule has 0 aliphatic carbocycles. The van der Waals surface area contributed by atoms with Gasteiger partial charge in [0.2, 0.25) is 5.82 Å². The molecule has 16 heavy (non-hydrogen) atoms. The number of nitro groups is 1. The second-order valence-electron chi connectivity index (χ2n) is 3.60. The monoisotopic (exact) mass is 226 g/mol. The minimum Gasteiger partial charge on any atom is -0.489 e. The lowest BCUT2D eigenvalue weighted by Gasteiger charge is -2.11. The van der Waals surface area contributed by atoms with Crippen LogP contribution in [-0.4, -0.2) is 24.1 Å². The zero-order valence-electron chi connectivity index (χ0n) is 8.48. The summed E-state index contributed by atoms with van der Waals surface area (Å²) in [7, 11) is 0. The van der Waals surface area contributed by atoms with Crippen LogP contribution in [0.3, 0.4) is 0 Å². The summed E-state index contributed by atoms with van der Waals surface area (Å²) in [6.07, 6.45) is 0.874. The Hall–Kier alpha value is -1.69. The first-order valence-electron chi connectivity index (χ1n) is 4.98. The van der Waals surface area contributed by atoms with Crippen molar-refractivity contribution >= 4 is 5.69 Å². The van der Waals surface area contributed by atoms with Crippen molar-refractivity contribution in [2.45, 2.75) is 12.5 Å². The van der Waals surface area contributed by atoms with Crippen LogP contribution in [0, 0.1) is 15.9 Å². The molecule has 1 atom stereocenters. The van der Waals surface area contributed by atoms with Gasteiger partial charge in [-0.3, -0.25) is 10.1 Å². The van der Waals surface area contributed by atoms with E-state index >= 15 is 0 Å². The Bertz CT molecular complexity index is 405. The fourth-order valence-electron chi connectivity index (χ4n) is 1.63. The molecule has 0 unspecified atom stereocenters. The first kappa shape index (κ1) is 10.8. The number of nitrogens with one attached hydrogen (secondary N) is 1. The lowest BCUT2D eigenvalue weighted by Crippen LogP contribution is -2.19. The van der Waals surface area contributed by atoms with Crippen LogP contribution in [0.1, 0.15) is 6.42 Å². The highest BCUT2D eigenvalue weighted by atomic mass is 19.1. The van der Waals surface area contributed by atoms with E-state index in [9.17, 15) is 14.5 Å². The summed E-state index contributed by atoms with van der Waals surface area (Å²) < 4.78 is 18.7. The number of nitrogens with zero attached hydrogens (tertiary/aromatic N) is 1. The molecule has 1 heterocycles. The predicted octanol–water partition coefficient (Wildman–Crippen LogP) is 1.47. The first-order chi connectivity index (χ1) is 7.66. The van der Waals surface area contributed by atoms with E-state index in [1.165, 1.54) is 6.07 Å². The molecule has 1 aliphatic heterocycles. The number of hydrogen-bond donors (Lipinski definition) is 1. The van der Waals surface area contributed by atoms with E-state index < -0.39 is 16.4 Å². The van der Waals surface area contributed by atoms with Gasteiger partial charge in [-0.2, -0.15) is 4.39 Å². The molecule has 0 radical (unpaired) electrons. The molecule has 86 valence electrons. The molecule has 0 amide bonds. The zero-order chi connectivity index (χ0) is 11.5. The summed E-state index contributed by atoms with van der Waals surface area (Å²) >= 11 is 0. The summed E-state index contributed by atoms with van der Waals surface area (Å²) in [5.74, 6) is -0.537. The van der Waals surface area contributed by atoms with Crippen molar-refractivity contribution in [2.75, 3.05) is 13.1 Å². The summed E-state index contributed by atoms with van der Waals surface area (Å²) in [4.78, 5) is 9.64. The number of halogens is 1. The summed E-state index contributed by atoms with van der Waals surface area (Å²) in [6, 6.07) is 3.59. The predicted molar refractivity (Wildman–Crippen MR) is 55.0 cm³/mol. The molecule has 1 N–H and O–H groups in total. The van der Waals surface area contributed by atoms with Crippen LogP contribution in [0.15, 0.2) is 18.2 Å². The van der Waals surface area contributed by atoms with E-state index in [0.717, 1.165) is 31.6 Å². The van der Waals surface area contributed by atoms with E-state index in [4.69, 9.17) is 4.74 Å². The quantitative estimate of drug-likeness (QED) is 0.626. The van der Waals surface area contributed by atoms with Crippen molar-refractivity contribution in [3.05, 3.63) is 34.1 Å². The van der Waals surface area contributed by atoms with Crippen LogP contribution in [0.5, 0.6) is 5.75 Å². The van der Waals surface area contributed by atoms with Crippen LogP contribution in [-0.2, 0) is 0 Å². The molecule has 1 aromatic carbocycles. The standard InChI is InChI=1S/C10H11FN2O3/c11-9-5-7(1-2-10(9)13(14)15)16-8-3-4-12-6-8/h1-2,5,8,12H,3-4,6H2/t8-/m1/s1. The van der Waals surface area contributed by atoms with Crippen LogP contribution in [0.25, 0.3) is 0 Å². The molecular weight excluding hydrogens is 215 g/mol. The van der Waals surface area contributed by atoms with Gasteiger partial charge in [-0.05, 0) is 19.0 Å². The molecule has 1 aromatic rings. The third kappa shape index (κ3) is 2.27. The fourth-order valence-corrected chi connectivity index (χ4v) is 1.63. The fraction of sp³-hybridized carbons (Fsp3) is 0.400. The molecule has 0 bridgehead atoms. The normalized spacial score (nSPS) is 19.7. The zero-order valence-corrected chi connectivity index (χ0v) is 8.48.